The summed E-state index contributed by atoms with van der Waals surface area (Å²) in [6.07, 6.45) is 1.35. The molecule has 3 aromatic rings. The molecule has 0 amide bonds. The van der Waals surface area contributed by atoms with Gasteiger partial charge in [-0.05, 0) is 49.2 Å². The number of piperidine rings is 1. The van der Waals surface area contributed by atoms with Crippen molar-refractivity contribution in [1.82, 2.24) is 14.4 Å². The van der Waals surface area contributed by atoms with Gasteiger partial charge in [0, 0.05) is 35.8 Å². The largest absolute Gasteiger partial charge is 0.339 e. The first kappa shape index (κ1) is 20.5. The fourth-order valence-corrected chi connectivity index (χ4v) is 5.02. The molecule has 1 aromatic heterocycles. The zero-order valence-electron chi connectivity index (χ0n) is 15.6. The van der Waals surface area contributed by atoms with E-state index in [9.17, 15) is 18.5 Å². The van der Waals surface area contributed by atoms with Crippen LogP contribution in [0.5, 0.6) is 0 Å². The summed E-state index contributed by atoms with van der Waals surface area (Å²) in [5, 5.41) is 15.4. The summed E-state index contributed by atoms with van der Waals surface area (Å²) in [6.45, 7) is 0.551. The van der Waals surface area contributed by atoms with Gasteiger partial charge in [-0.3, -0.25) is 10.1 Å². The highest BCUT2D eigenvalue weighted by atomic mass is 35.5. The highest BCUT2D eigenvalue weighted by Gasteiger charge is 2.33. The number of rotatable bonds is 5. The number of aromatic nitrogens is 2. The SMILES string of the molecule is O=[N+]([O-])c1ccc(S(=O)(=O)N2CCCC(c3nc(-c4ccc(Cl)cc4)no3)C2)cc1. The molecule has 0 radical (unpaired) electrons. The van der Waals surface area contributed by atoms with Crippen LogP contribution in [0.15, 0.2) is 57.9 Å². The first-order valence-corrected chi connectivity index (χ1v) is 11.0. The van der Waals surface area contributed by atoms with E-state index < -0.39 is 14.9 Å². The Kier molecular flexibility index (Phi) is 5.54. The van der Waals surface area contributed by atoms with E-state index in [1.54, 1.807) is 24.3 Å². The van der Waals surface area contributed by atoms with Crippen LogP contribution in [0.1, 0.15) is 24.7 Å². The third-order valence-corrected chi connectivity index (χ3v) is 7.09. The second-order valence-corrected chi connectivity index (χ2v) is 9.29. The number of hydrogen-bond donors (Lipinski definition) is 0. The van der Waals surface area contributed by atoms with Gasteiger partial charge in [0.05, 0.1) is 15.7 Å². The van der Waals surface area contributed by atoms with Crippen molar-refractivity contribution in [2.45, 2.75) is 23.7 Å². The standard InChI is InChI=1S/C19H17ClN4O5S/c20-15-5-3-13(4-6-15)18-21-19(29-22-18)14-2-1-11-23(12-14)30(27,28)17-9-7-16(8-10-17)24(25)26/h3-10,14H,1-2,11-12H2. The molecule has 1 atom stereocenters. The summed E-state index contributed by atoms with van der Waals surface area (Å²) < 4.78 is 32.7. The fourth-order valence-electron chi connectivity index (χ4n) is 3.37. The molecule has 1 fully saturated rings. The Balaban J connectivity index is 1.53. The molecule has 1 saturated heterocycles. The Labute approximate surface area is 177 Å². The molecule has 9 nitrogen and oxygen atoms in total. The Morgan fingerprint density at radius 3 is 2.50 bits per heavy atom. The van der Waals surface area contributed by atoms with E-state index in [4.69, 9.17) is 16.1 Å². The number of nitro benzene ring substituents is 1. The molecule has 2 aromatic carbocycles. The molecular formula is C19H17ClN4O5S. The van der Waals surface area contributed by atoms with Crippen molar-refractivity contribution in [3.05, 3.63) is 69.6 Å². The monoisotopic (exact) mass is 448 g/mol. The van der Waals surface area contributed by atoms with Crippen LogP contribution in [0.4, 0.5) is 5.69 Å². The molecule has 30 heavy (non-hydrogen) atoms. The van der Waals surface area contributed by atoms with Crippen LogP contribution in [-0.2, 0) is 10.0 Å². The van der Waals surface area contributed by atoms with Crippen molar-refractivity contribution in [2.24, 2.45) is 0 Å². The van der Waals surface area contributed by atoms with Gasteiger partial charge >= 0.3 is 0 Å². The predicted octanol–water partition coefficient (Wildman–Crippen LogP) is 3.87. The Bertz CT molecular complexity index is 1160. The highest BCUT2D eigenvalue weighted by Crippen LogP contribution is 2.31. The maximum Gasteiger partial charge on any atom is 0.269 e. The van der Waals surface area contributed by atoms with Gasteiger partial charge in [-0.15, -0.1) is 0 Å². The van der Waals surface area contributed by atoms with Crippen LogP contribution in [0.2, 0.25) is 5.02 Å². The molecule has 11 heteroatoms. The molecule has 1 unspecified atom stereocenters. The lowest BCUT2D eigenvalue weighted by Gasteiger charge is -2.30. The van der Waals surface area contributed by atoms with Crippen LogP contribution in [-0.4, -0.2) is 40.9 Å². The second kappa shape index (κ2) is 8.13. The van der Waals surface area contributed by atoms with Crippen molar-refractivity contribution in [3.63, 3.8) is 0 Å². The van der Waals surface area contributed by atoms with Crippen molar-refractivity contribution < 1.29 is 17.9 Å². The molecule has 1 aliphatic heterocycles. The topological polar surface area (TPSA) is 119 Å². The molecule has 0 spiro atoms. The minimum atomic E-state index is -3.79. The number of non-ortho nitro benzene ring substituents is 1. The maximum atomic E-state index is 13.0. The lowest BCUT2D eigenvalue weighted by molar-refractivity contribution is -0.384. The third kappa shape index (κ3) is 4.07. The van der Waals surface area contributed by atoms with Crippen LogP contribution >= 0.6 is 11.6 Å². The normalized spacial score (nSPS) is 17.7. The molecule has 0 saturated carbocycles. The average molecular weight is 449 g/mol. The van der Waals surface area contributed by atoms with Crippen LogP contribution in [0.25, 0.3) is 11.4 Å². The van der Waals surface area contributed by atoms with Crippen molar-refractivity contribution in [3.8, 4) is 11.4 Å². The van der Waals surface area contributed by atoms with E-state index in [1.807, 2.05) is 0 Å². The summed E-state index contributed by atoms with van der Waals surface area (Å²) in [6, 6.07) is 11.9. The van der Waals surface area contributed by atoms with Gasteiger partial charge in [0.2, 0.25) is 21.7 Å². The lowest BCUT2D eigenvalue weighted by atomic mass is 10.00. The number of halogens is 1. The zero-order valence-corrected chi connectivity index (χ0v) is 17.2. The van der Waals surface area contributed by atoms with Crippen molar-refractivity contribution in [1.29, 1.82) is 0 Å². The molecule has 1 aliphatic rings. The van der Waals surface area contributed by atoms with Crippen LogP contribution in [0, 0.1) is 10.1 Å². The van der Waals surface area contributed by atoms with E-state index in [0.717, 1.165) is 5.56 Å². The Morgan fingerprint density at radius 2 is 1.83 bits per heavy atom. The minimum absolute atomic E-state index is 0.0149. The van der Waals surface area contributed by atoms with Crippen LogP contribution < -0.4 is 0 Å². The Hall–Kier alpha value is -2.82. The lowest BCUT2D eigenvalue weighted by Crippen LogP contribution is -2.39. The van der Waals surface area contributed by atoms with E-state index >= 15 is 0 Å². The quantitative estimate of drug-likeness (QED) is 0.429. The number of hydrogen-bond acceptors (Lipinski definition) is 7. The zero-order chi connectivity index (χ0) is 21.3. The van der Waals surface area contributed by atoms with Gasteiger partial charge in [0.1, 0.15) is 0 Å². The first-order valence-electron chi connectivity index (χ1n) is 9.19. The summed E-state index contributed by atoms with van der Waals surface area (Å²) in [5.74, 6) is 0.556. The molecule has 0 N–H and O–H groups in total. The Morgan fingerprint density at radius 1 is 1.13 bits per heavy atom. The van der Waals surface area contributed by atoms with Gasteiger partial charge in [0.15, 0.2) is 0 Å². The smallest absolute Gasteiger partial charge is 0.269 e. The third-order valence-electron chi connectivity index (χ3n) is 4.96. The number of nitro groups is 1. The molecule has 4 rings (SSSR count). The molecule has 0 aliphatic carbocycles. The van der Waals surface area contributed by atoms with Gasteiger partial charge in [-0.1, -0.05) is 16.8 Å². The summed E-state index contributed by atoms with van der Waals surface area (Å²) in [5.41, 5.74) is 0.589. The maximum absolute atomic E-state index is 13.0. The van der Waals surface area contributed by atoms with Gasteiger partial charge in [-0.25, -0.2) is 8.42 Å². The van der Waals surface area contributed by atoms with Gasteiger partial charge in [-0.2, -0.15) is 9.29 Å². The van der Waals surface area contributed by atoms with E-state index in [2.05, 4.69) is 10.1 Å². The van der Waals surface area contributed by atoms with E-state index in [1.165, 1.54) is 28.6 Å². The summed E-state index contributed by atoms with van der Waals surface area (Å²) in [7, 11) is -3.79. The van der Waals surface area contributed by atoms with Crippen molar-refractivity contribution >= 4 is 27.3 Å². The van der Waals surface area contributed by atoms with Gasteiger partial charge in [0.25, 0.3) is 5.69 Å². The summed E-state index contributed by atoms with van der Waals surface area (Å²) >= 11 is 5.90. The number of nitrogens with zero attached hydrogens (tertiary/aromatic N) is 4. The fraction of sp³-hybridized carbons (Fsp3) is 0.263. The van der Waals surface area contributed by atoms with Gasteiger partial charge < -0.3 is 4.52 Å². The number of benzene rings is 2. The van der Waals surface area contributed by atoms with E-state index in [-0.39, 0.29) is 23.0 Å². The minimum Gasteiger partial charge on any atom is -0.339 e. The molecule has 2 heterocycles. The highest BCUT2D eigenvalue weighted by molar-refractivity contribution is 7.89. The first-order chi connectivity index (χ1) is 14.3. The number of sulfonamides is 1. The molecule has 0 bridgehead atoms. The molecule has 156 valence electrons. The second-order valence-electron chi connectivity index (χ2n) is 6.92. The molecular weight excluding hydrogens is 432 g/mol. The van der Waals surface area contributed by atoms with Crippen LogP contribution in [0.3, 0.4) is 0 Å². The van der Waals surface area contributed by atoms with E-state index in [0.29, 0.717) is 36.1 Å². The average Bonchev–Trinajstić information content (AvgIpc) is 3.25. The van der Waals surface area contributed by atoms with Crippen molar-refractivity contribution in [2.75, 3.05) is 13.1 Å². The predicted molar refractivity (Wildman–Crippen MR) is 109 cm³/mol. The summed E-state index contributed by atoms with van der Waals surface area (Å²) in [4.78, 5) is 14.7.